The quantitative estimate of drug-likeness (QED) is 0.126. The fraction of sp³-hybridized carbons (Fsp3) is 0.667. The van der Waals surface area contributed by atoms with Crippen LogP contribution in [0, 0.1) is 0 Å². The molecule has 0 aromatic heterocycles. The molecule has 1 aromatic rings. The first kappa shape index (κ1) is 53.6. The molecule has 24 nitrogen and oxygen atoms in total. The van der Waals surface area contributed by atoms with Crippen molar-refractivity contribution >= 4 is 35.8 Å². The Balaban J connectivity index is 0.000000400. The second-order valence-corrected chi connectivity index (χ2v) is 13.7. The summed E-state index contributed by atoms with van der Waals surface area (Å²) in [6.07, 6.45) is 0. The molecule has 0 amide bonds. The molecule has 60 heavy (non-hydrogen) atoms. The van der Waals surface area contributed by atoms with Crippen molar-refractivity contribution in [2.75, 3.05) is 157 Å². The summed E-state index contributed by atoms with van der Waals surface area (Å²) in [6.45, 7) is 29.5. The summed E-state index contributed by atoms with van der Waals surface area (Å²) in [4.78, 5) is 66.0. The van der Waals surface area contributed by atoms with E-state index in [0.29, 0.717) is 0 Å². The van der Waals surface area contributed by atoms with Crippen LogP contribution < -0.4 is 94.4 Å². The summed E-state index contributed by atoms with van der Waals surface area (Å²) in [5.74, 6) is -16.0. The van der Waals surface area contributed by atoms with Crippen molar-refractivity contribution in [2.45, 2.75) is 0 Å². The summed E-state index contributed by atoms with van der Waals surface area (Å²) in [6, 6.07) is 0. The maximum Gasteiger partial charge on any atom is 0.0882 e. The molecule has 0 saturated carbocycles. The van der Waals surface area contributed by atoms with Crippen LogP contribution in [0.1, 0.15) is 62.1 Å². The summed E-state index contributed by atoms with van der Waals surface area (Å²) >= 11 is 0. The zero-order valence-electron chi connectivity index (χ0n) is 34.3. The lowest BCUT2D eigenvalue weighted by Gasteiger charge is -2.28. The molecule has 18 N–H and O–H groups in total. The Morgan fingerprint density at radius 3 is 0.383 bits per heavy atom. The molecule has 24 heteroatoms. The molecule has 0 bridgehead atoms. The number of quaternary nitrogens is 6. The molecule has 0 spiro atoms. The largest absolute Gasteiger partial charge is 0.545 e. The first-order chi connectivity index (χ1) is 28.9. The fourth-order valence-electron chi connectivity index (χ4n) is 6.04. The number of carbonyl (C=O) groups is 6. The van der Waals surface area contributed by atoms with Crippen molar-refractivity contribution in [3.63, 3.8) is 0 Å². The first-order valence-electron chi connectivity index (χ1n) is 20.6. The zero-order valence-corrected chi connectivity index (χ0v) is 34.3. The van der Waals surface area contributed by atoms with Crippen molar-refractivity contribution in [1.82, 2.24) is 31.9 Å². The van der Waals surface area contributed by atoms with Crippen molar-refractivity contribution < 1.29 is 91.3 Å². The minimum atomic E-state index is -2.66. The topological polar surface area (TPSA) is 413 Å². The van der Waals surface area contributed by atoms with Gasteiger partial charge in [0.1, 0.15) is 0 Å². The Labute approximate surface area is 349 Å². The number of carboxylic acid groups (broad SMARTS) is 6. The number of benzene rings is 1. The van der Waals surface area contributed by atoms with Gasteiger partial charge in [0.15, 0.2) is 0 Å². The van der Waals surface area contributed by atoms with Crippen molar-refractivity contribution in [2.24, 2.45) is 0 Å². The minimum absolute atomic E-state index is 1.19. The van der Waals surface area contributed by atoms with Crippen LogP contribution in [0.2, 0.25) is 0 Å². The van der Waals surface area contributed by atoms with Gasteiger partial charge in [-0.25, -0.2) is 0 Å². The highest BCUT2D eigenvalue weighted by Crippen LogP contribution is 2.27. The van der Waals surface area contributed by atoms with Crippen LogP contribution in [0.5, 0.6) is 0 Å². The lowest BCUT2D eigenvalue weighted by Crippen LogP contribution is -2.89. The summed E-state index contributed by atoms with van der Waals surface area (Å²) in [5, 5.41) is 99.5. The number of nitrogens with one attached hydrogen (secondary N) is 6. The molecule has 7 rings (SSSR count). The molecule has 342 valence electrons. The Hall–Kier alpha value is -4.44. The van der Waals surface area contributed by atoms with Gasteiger partial charge in [0.2, 0.25) is 0 Å². The van der Waals surface area contributed by atoms with Gasteiger partial charge in [-0.05, 0) is 0 Å². The van der Waals surface area contributed by atoms with Crippen molar-refractivity contribution in [3.8, 4) is 0 Å². The summed E-state index contributed by atoms with van der Waals surface area (Å²) in [5.41, 5.74) is -12.0. The van der Waals surface area contributed by atoms with E-state index in [1.807, 2.05) is 0 Å². The zero-order chi connectivity index (χ0) is 44.4. The van der Waals surface area contributed by atoms with Crippen LogP contribution in [0.15, 0.2) is 0 Å². The van der Waals surface area contributed by atoms with Crippen LogP contribution >= 0.6 is 0 Å². The van der Waals surface area contributed by atoms with E-state index in [4.69, 9.17) is 0 Å². The van der Waals surface area contributed by atoms with E-state index in [-0.39, 0.29) is 0 Å². The molecular formula is C36H66N12O12. The van der Waals surface area contributed by atoms with Gasteiger partial charge >= 0.3 is 0 Å². The Bertz CT molecular complexity index is 1070. The number of hydrogen-bond acceptors (Lipinski definition) is 18. The van der Waals surface area contributed by atoms with Gasteiger partial charge in [0.05, 0.1) is 114 Å². The van der Waals surface area contributed by atoms with Crippen molar-refractivity contribution in [1.29, 1.82) is 0 Å². The SMILES string of the molecule is C1C[NH2+]CCN1.C1C[NH2+]CCN1.C1C[NH2+]CCN1.C1C[NH2+]CCN1.C1C[NH2+]CCN1.C1C[NH2+]CCN1.O=C([O-])c1c(C(=O)[O-])c(C(=O)[O-])c(C(=O)[O-])c(C(=O)[O-])c1C(=O)[O-]. The molecular weight excluding hydrogens is 792 g/mol. The molecule has 6 aliphatic heterocycles. The van der Waals surface area contributed by atoms with Gasteiger partial charge in [0.25, 0.3) is 0 Å². The van der Waals surface area contributed by atoms with E-state index in [2.05, 4.69) is 63.8 Å². The Morgan fingerprint density at radius 1 is 0.250 bits per heavy atom. The minimum Gasteiger partial charge on any atom is -0.545 e. The van der Waals surface area contributed by atoms with Crippen LogP contribution in [-0.4, -0.2) is 193 Å². The predicted octanol–water partition coefficient (Wildman–Crippen LogP) is -19.2. The molecule has 0 aliphatic carbocycles. The van der Waals surface area contributed by atoms with E-state index in [0.717, 1.165) is 0 Å². The van der Waals surface area contributed by atoms with E-state index in [1.54, 1.807) is 0 Å². The van der Waals surface area contributed by atoms with Crippen LogP contribution in [0.4, 0.5) is 0 Å². The monoisotopic (exact) mass is 858 g/mol. The Kier molecular flexibility index (Phi) is 30.6. The average Bonchev–Trinajstić information content (AvgIpc) is 3.30. The van der Waals surface area contributed by atoms with Gasteiger partial charge in [-0.15, -0.1) is 0 Å². The predicted molar refractivity (Wildman–Crippen MR) is 200 cm³/mol. The number of piperazine rings is 6. The number of carbonyl (C=O) groups excluding carboxylic acids is 6. The number of carboxylic acids is 6. The summed E-state index contributed by atoms with van der Waals surface area (Å²) < 4.78 is 0. The number of nitrogens with two attached hydrogens (primary N) is 6. The molecule has 0 unspecified atom stereocenters. The van der Waals surface area contributed by atoms with Crippen molar-refractivity contribution in [3.05, 3.63) is 33.4 Å². The van der Waals surface area contributed by atoms with Crippen LogP contribution in [-0.2, 0) is 0 Å². The third-order valence-electron chi connectivity index (χ3n) is 9.03. The fourth-order valence-corrected chi connectivity index (χ4v) is 6.04. The second kappa shape index (κ2) is 34.3. The highest BCUT2D eigenvalue weighted by molar-refractivity contribution is 6.21. The lowest BCUT2D eigenvalue weighted by atomic mass is 9.86. The average molecular weight is 859 g/mol. The summed E-state index contributed by atoms with van der Waals surface area (Å²) in [7, 11) is 0. The van der Waals surface area contributed by atoms with E-state index < -0.39 is 69.2 Å². The molecule has 1 aromatic carbocycles. The van der Waals surface area contributed by atoms with Gasteiger partial charge in [-0.2, -0.15) is 0 Å². The molecule has 6 saturated heterocycles. The molecule has 0 atom stereocenters. The van der Waals surface area contributed by atoms with E-state index in [9.17, 15) is 59.4 Å². The maximum absolute atomic E-state index is 11.0. The second-order valence-electron chi connectivity index (χ2n) is 13.7. The number of hydrogen-bond donors (Lipinski definition) is 12. The normalized spacial score (nSPS) is 18.4. The number of aromatic carboxylic acids is 6. The molecule has 6 heterocycles. The number of rotatable bonds is 6. The van der Waals surface area contributed by atoms with Gasteiger partial charge in [-0.1, -0.05) is 0 Å². The smallest absolute Gasteiger partial charge is 0.0882 e. The van der Waals surface area contributed by atoms with E-state index >= 15 is 0 Å². The van der Waals surface area contributed by atoms with Gasteiger partial charge in [0, 0.05) is 112 Å². The van der Waals surface area contributed by atoms with Crippen LogP contribution in [0.3, 0.4) is 0 Å². The van der Waals surface area contributed by atoms with E-state index in [1.165, 1.54) is 157 Å². The Morgan fingerprint density at radius 2 is 0.350 bits per heavy atom. The molecule has 6 aliphatic rings. The maximum atomic E-state index is 11.0. The highest BCUT2D eigenvalue weighted by atomic mass is 16.4. The van der Waals surface area contributed by atoms with Gasteiger partial charge < -0.3 is 123 Å². The van der Waals surface area contributed by atoms with Crippen LogP contribution in [0.25, 0.3) is 0 Å². The first-order valence-corrected chi connectivity index (χ1v) is 20.6. The van der Waals surface area contributed by atoms with Gasteiger partial charge in [-0.3, -0.25) is 0 Å². The lowest BCUT2D eigenvalue weighted by molar-refractivity contribution is -0.657. The third kappa shape index (κ3) is 23.4. The molecule has 6 fully saturated rings. The molecule has 0 radical (unpaired) electrons. The standard InChI is InChI=1S/C12H6O12.6C4H10N2/c13-7(14)1-2(8(15)16)4(10(19)20)6(12(23)24)5(11(21)22)3(1)9(17)18;6*1-2-6-4-3-5-1/h(H,13,14)(H,15,16)(H,17,18)(H,19,20)(H,21,22)(H,23,24);6*5-6H,1-4H2. The highest BCUT2D eigenvalue weighted by Gasteiger charge is 2.27. The third-order valence-corrected chi connectivity index (χ3v) is 9.03.